The summed E-state index contributed by atoms with van der Waals surface area (Å²) in [6.07, 6.45) is -2.38. The van der Waals surface area contributed by atoms with Crippen LogP contribution in [0.15, 0.2) is 18.2 Å². The number of rotatable bonds is 1. The van der Waals surface area contributed by atoms with Crippen LogP contribution in [0.3, 0.4) is 0 Å². The fraction of sp³-hybridized carbons (Fsp3) is 0.538. The number of benzene rings is 1. The van der Waals surface area contributed by atoms with Gasteiger partial charge in [0.2, 0.25) is 0 Å². The van der Waals surface area contributed by atoms with E-state index >= 15 is 0 Å². The molecule has 1 aliphatic rings. The molecule has 1 saturated heterocycles. The summed E-state index contributed by atoms with van der Waals surface area (Å²) in [5.41, 5.74) is 5.99. The van der Waals surface area contributed by atoms with Crippen molar-refractivity contribution < 1.29 is 13.2 Å². The molecule has 2 rings (SSSR count). The van der Waals surface area contributed by atoms with Gasteiger partial charge in [-0.2, -0.15) is 13.2 Å². The first-order valence-electron chi connectivity index (χ1n) is 6.01. The van der Waals surface area contributed by atoms with Gasteiger partial charge in [-0.15, -0.1) is 0 Å². The van der Waals surface area contributed by atoms with Crippen molar-refractivity contribution in [2.75, 3.05) is 18.8 Å². The lowest BCUT2D eigenvalue weighted by Gasteiger charge is -2.35. The molecule has 0 spiro atoms. The molecule has 0 aromatic heterocycles. The Balaban J connectivity index is 2.35. The molecule has 0 aliphatic carbocycles. The van der Waals surface area contributed by atoms with Gasteiger partial charge in [-0.05, 0) is 37.1 Å². The third-order valence-electron chi connectivity index (χ3n) is 3.63. The Kier molecular flexibility index (Phi) is 3.27. The topological polar surface area (TPSA) is 38.0 Å². The summed E-state index contributed by atoms with van der Waals surface area (Å²) in [6, 6.07) is 3.67. The van der Waals surface area contributed by atoms with Gasteiger partial charge in [0.25, 0.3) is 0 Å². The summed E-state index contributed by atoms with van der Waals surface area (Å²) in [6.45, 7) is 3.75. The number of hydrogen-bond donors (Lipinski definition) is 2. The molecular weight excluding hydrogens is 241 g/mol. The van der Waals surface area contributed by atoms with E-state index in [1.54, 1.807) is 0 Å². The molecule has 18 heavy (non-hydrogen) atoms. The van der Waals surface area contributed by atoms with Gasteiger partial charge in [0.1, 0.15) is 0 Å². The normalized spacial score (nSPS) is 25.1. The Hall–Kier alpha value is -1.23. The molecule has 1 heterocycles. The Morgan fingerprint density at radius 1 is 1.33 bits per heavy atom. The van der Waals surface area contributed by atoms with Crippen LogP contribution in [-0.2, 0) is 11.6 Å². The zero-order valence-corrected chi connectivity index (χ0v) is 10.3. The summed E-state index contributed by atoms with van der Waals surface area (Å²) in [7, 11) is 0. The maximum Gasteiger partial charge on any atom is 0.416 e. The van der Waals surface area contributed by atoms with Crippen LogP contribution in [0.5, 0.6) is 0 Å². The zero-order chi connectivity index (χ0) is 13.4. The Morgan fingerprint density at radius 2 is 2.06 bits per heavy atom. The molecule has 1 unspecified atom stereocenters. The van der Waals surface area contributed by atoms with Crippen LogP contribution in [0, 0.1) is 0 Å². The maximum absolute atomic E-state index is 12.6. The van der Waals surface area contributed by atoms with Crippen LogP contribution in [0.2, 0.25) is 0 Å². The molecule has 5 heteroatoms. The number of nitrogens with one attached hydrogen (secondary N) is 1. The zero-order valence-electron chi connectivity index (χ0n) is 10.3. The molecule has 0 amide bonds. The van der Waals surface area contributed by atoms with E-state index in [-0.39, 0.29) is 11.1 Å². The lowest BCUT2D eigenvalue weighted by Crippen LogP contribution is -2.41. The average Bonchev–Trinajstić information content (AvgIpc) is 2.28. The van der Waals surface area contributed by atoms with E-state index in [2.05, 4.69) is 5.32 Å². The predicted octanol–water partition coefficient (Wildman–Crippen LogP) is 2.93. The summed E-state index contributed by atoms with van der Waals surface area (Å²) in [4.78, 5) is 0. The molecular formula is C13H17F3N2. The number of nitrogens with two attached hydrogens (primary N) is 1. The highest BCUT2D eigenvalue weighted by Gasteiger charge is 2.34. The minimum atomic E-state index is -4.33. The largest absolute Gasteiger partial charge is 0.416 e. The second kappa shape index (κ2) is 4.46. The Bertz CT molecular complexity index is 434. The highest BCUT2D eigenvalue weighted by Crippen LogP contribution is 2.37. The van der Waals surface area contributed by atoms with Crippen LogP contribution in [0.1, 0.15) is 30.9 Å². The van der Waals surface area contributed by atoms with Gasteiger partial charge in [-0.25, -0.2) is 0 Å². The molecule has 1 aromatic rings. The fourth-order valence-electron chi connectivity index (χ4n) is 2.57. The SMILES string of the molecule is CC1(c2ccc(C(F)(F)F)cc2N)CCCNC1. The first kappa shape index (κ1) is 13.2. The maximum atomic E-state index is 12.6. The highest BCUT2D eigenvalue weighted by molar-refractivity contribution is 5.53. The number of anilines is 1. The molecule has 0 saturated carbocycles. The molecule has 100 valence electrons. The third-order valence-corrected chi connectivity index (χ3v) is 3.63. The predicted molar refractivity (Wildman–Crippen MR) is 65.3 cm³/mol. The van der Waals surface area contributed by atoms with E-state index in [1.807, 2.05) is 6.92 Å². The minimum absolute atomic E-state index is 0.174. The first-order valence-corrected chi connectivity index (χ1v) is 6.01. The van der Waals surface area contributed by atoms with Crippen molar-refractivity contribution in [3.05, 3.63) is 29.3 Å². The highest BCUT2D eigenvalue weighted by atomic mass is 19.4. The smallest absolute Gasteiger partial charge is 0.398 e. The number of halogens is 3. The van der Waals surface area contributed by atoms with Gasteiger partial charge < -0.3 is 11.1 Å². The van der Waals surface area contributed by atoms with Crippen LogP contribution in [-0.4, -0.2) is 13.1 Å². The molecule has 1 aromatic carbocycles. The van der Waals surface area contributed by atoms with Crippen LogP contribution >= 0.6 is 0 Å². The van der Waals surface area contributed by atoms with Gasteiger partial charge in [0, 0.05) is 17.6 Å². The van der Waals surface area contributed by atoms with E-state index in [0.29, 0.717) is 0 Å². The van der Waals surface area contributed by atoms with Gasteiger partial charge in [0.15, 0.2) is 0 Å². The van der Waals surface area contributed by atoms with Crippen LogP contribution in [0.4, 0.5) is 18.9 Å². The number of nitrogen functional groups attached to an aromatic ring is 1. The van der Waals surface area contributed by atoms with Crippen molar-refractivity contribution in [2.24, 2.45) is 0 Å². The molecule has 1 atom stereocenters. The molecule has 2 nitrogen and oxygen atoms in total. The van der Waals surface area contributed by atoms with Crippen LogP contribution in [0.25, 0.3) is 0 Å². The van der Waals surface area contributed by atoms with Crippen LogP contribution < -0.4 is 11.1 Å². The number of alkyl halides is 3. The van der Waals surface area contributed by atoms with Gasteiger partial charge >= 0.3 is 6.18 Å². The Labute approximate surface area is 104 Å². The second-order valence-corrected chi connectivity index (χ2v) is 5.14. The lowest BCUT2D eigenvalue weighted by molar-refractivity contribution is -0.137. The second-order valence-electron chi connectivity index (χ2n) is 5.14. The average molecular weight is 258 g/mol. The van der Waals surface area contributed by atoms with Crippen molar-refractivity contribution in [3.8, 4) is 0 Å². The molecule has 0 bridgehead atoms. The van der Waals surface area contributed by atoms with Gasteiger partial charge in [-0.1, -0.05) is 13.0 Å². The molecule has 1 aliphatic heterocycles. The van der Waals surface area contributed by atoms with E-state index in [0.717, 1.165) is 43.6 Å². The van der Waals surface area contributed by atoms with E-state index in [1.165, 1.54) is 6.07 Å². The summed E-state index contributed by atoms with van der Waals surface area (Å²) < 4.78 is 37.7. The summed E-state index contributed by atoms with van der Waals surface area (Å²) >= 11 is 0. The lowest BCUT2D eigenvalue weighted by atomic mass is 9.75. The van der Waals surface area contributed by atoms with E-state index in [4.69, 9.17) is 5.73 Å². The third kappa shape index (κ3) is 2.46. The van der Waals surface area contributed by atoms with Crippen molar-refractivity contribution in [1.82, 2.24) is 5.32 Å². The standard InChI is InChI=1S/C13H17F3N2/c1-12(5-2-6-18-8-12)10-4-3-9(7-11(10)17)13(14,15)16/h3-4,7,18H,2,5-6,8,17H2,1H3. The monoisotopic (exact) mass is 258 g/mol. The number of piperidine rings is 1. The van der Waals surface area contributed by atoms with Gasteiger partial charge in [0.05, 0.1) is 5.56 Å². The van der Waals surface area contributed by atoms with Crippen molar-refractivity contribution in [3.63, 3.8) is 0 Å². The number of hydrogen-bond acceptors (Lipinski definition) is 2. The van der Waals surface area contributed by atoms with Gasteiger partial charge in [-0.3, -0.25) is 0 Å². The minimum Gasteiger partial charge on any atom is -0.398 e. The summed E-state index contributed by atoms with van der Waals surface area (Å²) in [5.74, 6) is 0. The Morgan fingerprint density at radius 3 is 2.56 bits per heavy atom. The van der Waals surface area contributed by atoms with E-state index in [9.17, 15) is 13.2 Å². The molecule has 1 fully saturated rings. The van der Waals surface area contributed by atoms with Crippen molar-refractivity contribution in [2.45, 2.75) is 31.4 Å². The first-order chi connectivity index (χ1) is 8.33. The van der Waals surface area contributed by atoms with Crippen molar-refractivity contribution in [1.29, 1.82) is 0 Å². The molecule has 3 N–H and O–H groups in total. The molecule has 0 radical (unpaired) electrons. The quantitative estimate of drug-likeness (QED) is 0.760. The summed E-state index contributed by atoms with van der Waals surface area (Å²) in [5, 5.41) is 3.27. The van der Waals surface area contributed by atoms with Crippen molar-refractivity contribution >= 4 is 5.69 Å². The fourth-order valence-corrected chi connectivity index (χ4v) is 2.57. The van der Waals surface area contributed by atoms with E-state index < -0.39 is 11.7 Å².